The van der Waals surface area contributed by atoms with E-state index in [-0.39, 0.29) is 12.6 Å². The molecule has 114 valence electrons. The van der Waals surface area contributed by atoms with Gasteiger partial charge in [0.2, 0.25) is 10.0 Å². The van der Waals surface area contributed by atoms with Crippen molar-refractivity contribution in [3.05, 3.63) is 16.3 Å². The number of hydrogen-bond donors (Lipinski definition) is 1. The fourth-order valence-corrected chi connectivity index (χ4v) is 5.21. The average molecular weight is 318 g/mol. The summed E-state index contributed by atoms with van der Waals surface area (Å²) in [4.78, 5) is 1.09. The number of nitrogens with two attached hydrogens (primary N) is 1. The van der Waals surface area contributed by atoms with Crippen LogP contribution in [0.3, 0.4) is 0 Å². The van der Waals surface area contributed by atoms with Crippen molar-refractivity contribution >= 4 is 21.4 Å². The maximum atomic E-state index is 12.7. The van der Waals surface area contributed by atoms with Crippen LogP contribution < -0.4 is 5.73 Å². The molecule has 1 fully saturated rings. The Labute approximate surface area is 124 Å². The summed E-state index contributed by atoms with van der Waals surface area (Å²) in [6, 6.07) is 1.65. The number of ether oxygens (including phenoxy) is 1. The number of thiophene rings is 1. The summed E-state index contributed by atoms with van der Waals surface area (Å²) in [5.74, 6) is 0. The molecule has 2 N–H and O–H groups in total. The van der Waals surface area contributed by atoms with Crippen LogP contribution in [0.2, 0.25) is 0 Å². The molecule has 0 spiro atoms. The Morgan fingerprint density at radius 3 is 3.05 bits per heavy atom. The van der Waals surface area contributed by atoms with Crippen LogP contribution >= 0.6 is 11.3 Å². The van der Waals surface area contributed by atoms with Gasteiger partial charge in [-0.3, -0.25) is 0 Å². The number of sulfonamides is 1. The second kappa shape index (κ2) is 7.00. The second-order valence-electron chi connectivity index (χ2n) is 4.91. The predicted molar refractivity (Wildman–Crippen MR) is 80.2 cm³/mol. The molecule has 1 saturated heterocycles. The van der Waals surface area contributed by atoms with Gasteiger partial charge in [0.1, 0.15) is 0 Å². The van der Waals surface area contributed by atoms with Gasteiger partial charge in [0.05, 0.1) is 11.0 Å². The van der Waals surface area contributed by atoms with Crippen LogP contribution in [0.15, 0.2) is 16.3 Å². The molecular formula is C13H22N2O3S2. The smallest absolute Gasteiger partial charge is 0.244 e. The van der Waals surface area contributed by atoms with Gasteiger partial charge in [-0.25, -0.2) is 8.42 Å². The first-order valence-electron chi connectivity index (χ1n) is 6.97. The minimum atomic E-state index is -3.44. The Morgan fingerprint density at radius 1 is 1.55 bits per heavy atom. The molecule has 7 heteroatoms. The van der Waals surface area contributed by atoms with E-state index < -0.39 is 10.0 Å². The minimum absolute atomic E-state index is 0.0124. The van der Waals surface area contributed by atoms with E-state index in [0.717, 1.165) is 24.1 Å². The summed E-state index contributed by atoms with van der Waals surface area (Å²) >= 11 is 1.39. The molecule has 0 radical (unpaired) electrons. The molecule has 0 amide bonds. The Kier molecular flexibility index (Phi) is 5.57. The zero-order valence-electron chi connectivity index (χ0n) is 11.7. The monoisotopic (exact) mass is 318 g/mol. The molecule has 0 bridgehead atoms. The summed E-state index contributed by atoms with van der Waals surface area (Å²) in [5.41, 5.74) is 5.62. The quantitative estimate of drug-likeness (QED) is 0.868. The maximum absolute atomic E-state index is 12.7. The van der Waals surface area contributed by atoms with E-state index in [1.54, 1.807) is 11.4 Å². The number of rotatable bonds is 6. The third kappa shape index (κ3) is 3.40. The van der Waals surface area contributed by atoms with E-state index >= 15 is 0 Å². The number of piperidine rings is 1. The molecule has 0 aliphatic carbocycles. The van der Waals surface area contributed by atoms with E-state index in [0.29, 0.717) is 24.6 Å². The van der Waals surface area contributed by atoms with Crippen LogP contribution in [0, 0.1) is 0 Å². The van der Waals surface area contributed by atoms with Crippen molar-refractivity contribution in [2.45, 2.75) is 43.7 Å². The van der Waals surface area contributed by atoms with Crippen molar-refractivity contribution < 1.29 is 13.2 Å². The molecule has 1 aromatic heterocycles. The van der Waals surface area contributed by atoms with Crippen molar-refractivity contribution in [1.82, 2.24) is 4.31 Å². The van der Waals surface area contributed by atoms with Gasteiger partial charge in [-0.2, -0.15) is 4.31 Å². The molecule has 1 aromatic rings. The highest BCUT2D eigenvalue weighted by molar-refractivity contribution is 7.89. The Balaban J connectivity index is 2.13. The molecular weight excluding hydrogens is 296 g/mol. The SMILES string of the molecule is CCCOC1CCCN(S(=O)(=O)c2ccsc2CN)C1. The molecule has 5 nitrogen and oxygen atoms in total. The highest BCUT2D eigenvalue weighted by Gasteiger charge is 2.32. The predicted octanol–water partition coefficient (Wildman–Crippen LogP) is 1.79. The lowest BCUT2D eigenvalue weighted by molar-refractivity contribution is 0.0193. The van der Waals surface area contributed by atoms with Gasteiger partial charge in [0, 0.05) is 31.1 Å². The molecule has 1 unspecified atom stereocenters. The molecule has 1 aliphatic heterocycles. The van der Waals surface area contributed by atoms with Crippen LogP contribution in [0.1, 0.15) is 31.1 Å². The molecule has 1 atom stereocenters. The van der Waals surface area contributed by atoms with E-state index in [1.807, 2.05) is 0 Å². The van der Waals surface area contributed by atoms with Crippen LogP contribution in [-0.2, 0) is 21.3 Å². The van der Waals surface area contributed by atoms with Crippen molar-refractivity contribution in [2.24, 2.45) is 5.73 Å². The lowest BCUT2D eigenvalue weighted by Crippen LogP contribution is -2.43. The van der Waals surface area contributed by atoms with E-state index in [9.17, 15) is 8.42 Å². The van der Waals surface area contributed by atoms with Crippen LogP contribution in [0.25, 0.3) is 0 Å². The van der Waals surface area contributed by atoms with Crippen molar-refractivity contribution in [3.63, 3.8) is 0 Å². The zero-order valence-corrected chi connectivity index (χ0v) is 13.4. The fraction of sp³-hybridized carbons (Fsp3) is 0.692. The van der Waals surface area contributed by atoms with Gasteiger partial charge >= 0.3 is 0 Å². The average Bonchev–Trinajstić information content (AvgIpc) is 2.94. The Morgan fingerprint density at radius 2 is 2.35 bits per heavy atom. The van der Waals surface area contributed by atoms with Crippen LogP contribution in [0.4, 0.5) is 0 Å². The Bertz CT molecular complexity index is 527. The third-order valence-corrected chi connectivity index (χ3v) is 6.43. The largest absolute Gasteiger partial charge is 0.377 e. The van der Waals surface area contributed by atoms with Gasteiger partial charge in [-0.05, 0) is 30.7 Å². The maximum Gasteiger partial charge on any atom is 0.244 e. The lowest BCUT2D eigenvalue weighted by Gasteiger charge is -2.31. The first kappa shape index (κ1) is 15.9. The van der Waals surface area contributed by atoms with Gasteiger partial charge in [0.25, 0.3) is 0 Å². The fourth-order valence-electron chi connectivity index (χ4n) is 2.39. The van der Waals surface area contributed by atoms with Gasteiger partial charge in [-0.15, -0.1) is 11.3 Å². The standard InChI is InChI=1S/C13H22N2O3S2/c1-2-7-18-11-4-3-6-15(10-11)20(16,17)13-5-8-19-12(13)9-14/h5,8,11H,2-4,6-7,9-10,14H2,1H3. The van der Waals surface area contributed by atoms with Crippen LogP contribution in [0.5, 0.6) is 0 Å². The van der Waals surface area contributed by atoms with Crippen molar-refractivity contribution in [3.8, 4) is 0 Å². The second-order valence-corrected chi connectivity index (χ2v) is 7.82. The molecule has 2 rings (SSSR count). The van der Waals surface area contributed by atoms with Gasteiger partial charge < -0.3 is 10.5 Å². The summed E-state index contributed by atoms with van der Waals surface area (Å²) in [7, 11) is -3.44. The molecule has 2 heterocycles. The van der Waals surface area contributed by atoms with E-state index in [2.05, 4.69) is 6.92 Å². The third-order valence-electron chi connectivity index (χ3n) is 3.41. The highest BCUT2D eigenvalue weighted by Crippen LogP contribution is 2.27. The molecule has 0 saturated carbocycles. The van der Waals surface area contributed by atoms with E-state index in [4.69, 9.17) is 10.5 Å². The first-order chi connectivity index (χ1) is 9.59. The highest BCUT2D eigenvalue weighted by atomic mass is 32.2. The number of nitrogens with zero attached hydrogens (tertiary/aromatic N) is 1. The zero-order chi connectivity index (χ0) is 14.6. The molecule has 1 aliphatic rings. The Hall–Kier alpha value is -0.470. The van der Waals surface area contributed by atoms with Crippen LogP contribution in [-0.4, -0.2) is 38.5 Å². The summed E-state index contributed by atoms with van der Waals surface area (Å²) in [6.45, 7) is 4.01. The van der Waals surface area contributed by atoms with Gasteiger partial charge in [-0.1, -0.05) is 6.92 Å². The van der Waals surface area contributed by atoms with Gasteiger partial charge in [0.15, 0.2) is 0 Å². The number of hydrogen-bond acceptors (Lipinski definition) is 5. The van der Waals surface area contributed by atoms with Crippen molar-refractivity contribution in [1.29, 1.82) is 0 Å². The minimum Gasteiger partial charge on any atom is -0.377 e. The summed E-state index contributed by atoms with van der Waals surface area (Å²) in [6.07, 6.45) is 2.73. The topological polar surface area (TPSA) is 72.6 Å². The van der Waals surface area contributed by atoms with Crippen molar-refractivity contribution in [2.75, 3.05) is 19.7 Å². The summed E-state index contributed by atoms with van der Waals surface area (Å²) in [5, 5.41) is 1.78. The first-order valence-corrected chi connectivity index (χ1v) is 9.29. The molecule has 20 heavy (non-hydrogen) atoms. The molecule has 0 aromatic carbocycles. The summed E-state index contributed by atoms with van der Waals surface area (Å²) < 4.78 is 32.6. The normalized spacial score (nSPS) is 21.2. The van der Waals surface area contributed by atoms with E-state index in [1.165, 1.54) is 15.6 Å². The lowest BCUT2D eigenvalue weighted by atomic mass is 10.1.